The summed E-state index contributed by atoms with van der Waals surface area (Å²) in [4.78, 5) is 32.1. The Balaban J connectivity index is 1.98. The summed E-state index contributed by atoms with van der Waals surface area (Å²) in [5, 5.41) is 5.59. The molecule has 0 fully saturated rings. The zero-order chi connectivity index (χ0) is 16.7. The number of carbonyl (C=O) groups excluding carboxylic acids is 2. The summed E-state index contributed by atoms with van der Waals surface area (Å²) in [5.41, 5.74) is 1.60. The molecule has 0 aliphatic carbocycles. The molecule has 23 heavy (non-hydrogen) atoms. The zero-order valence-corrected chi connectivity index (χ0v) is 13.2. The quantitative estimate of drug-likeness (QED) is 0.852. The first kappa shape index (κ1) is 16.6. The molecular weight excluding hydrogens is 292 g/mol. The normalized spacial score (nSPS) is 10.4. The van der Waals surface area contributed by atoms with Crippen LogP contribution in [0, 0.1) is 5.92 Å². The van der Waals surface area contributed by atoms with Gasteiger partial charge in [0, 0.05) is 37.2 Å². The fraction of sp³-hybridized carbons (Fsp3) is 0.294. The van der Waals surface area contributed by atoms with Gasteiger partial charge < -0.3 is 10.6 Å². The van der Waals surface area contributed by atoms with E-state index in [4.69, 9.17) is 0 Å². The molecule has 2 N–H and O–H groups in total. The van der Waals surface area contributed by atoms with Gasteiger partial charge in [0.1, 0.15) is 5.69 Å². The molecule has 2 amide bonds. The number of carbonyl (C=O) groups is 2. The number of aromatic nitrogens is 2. The van der Waals surface area contributed by atoms with E-state index in [1.54, 1.807) is 18.5 Å². The lowest BCUT2D eigenvalue weighted by Gasteiger charge is -2.08. The Morgan fingerprint density at radius 2 is 1.78 bits per heavy atom. The number of amides is 2. The highest BCUT2D eigenvalue weighted by molar-refractivity contribution is 5.98. The van der Waals surface area contributed by atoms with Crippen molar-refractivity contribution in [3.63, 3.8) is 0 Å². The maximum Gasteiger partial charge on any atom is 0.269 e. The Bertz CT molecular complexity index is 671. The molecule has 6 heteroatoms. The van der Waals surface area contributed by atoms with E-state index < -0.39 is 0 Å². The van der Waals surface area contributed by atoms with Crippen molar-refractivity contribution in [2.45, 2.75) is 20.4 Å². The Morgan fingerprint density at radius 1 is 1.04 bits per heavy atom. The van der Waals surface area contributed by atoms with Crippen molar-refractivity contribution in [3.05, 3.63) is 59.7 Å². The van der Waals surface area contributed by atoms with E-state index in [0.717, 1.165) is 5.56 Å². The second-order valence-corrected chi connectivity index (χ2v) is 5.57. The van der Waals surface area contributed by atoms with E-state index >= 15 is 0 Å². The summed E-state index contributed by atoms with van der Waals surface area (Å²) in [6.45, 7) is 4.99. The van der Waals surface area contributed by atoms with Crippen LogP contribution in [0.25, 0.3) is 0 Å². The molecule has 0 saturated carbocycles. The molecule has 0 aliphatic rings. The predicted octanol–water partition coefficient (Wildman–Crippen LogP) is 1.79. The lowest BCUT2D eigenvalue weighted by molar-refractivity contribution is 0.0944. The molecule has 2 heterocycles. The molecule has 120 valence electrons. The minimum Gasteiger partial charge on any atom is -0.350 e. The molecule has 0 saturated heterocycles. The van der Waals surface area contributed by atoms with E-state index in [-0.39, 0.29) is 17.5 Å². The van der Waals surface area contributed by atoms with Crippen LogP contribution in [0.15, 0.2) is 42.9 Å². The first-order valence-corrected chi connectivity index (χ1v) is 7.47. The smallest absolute Gasteiger partial charge is 0.269 e. The third-order valence-corrected chi connectivity index (χ3v) is 3.13. The largest absolute Gasteiger partial charge is 0.350 e. The van der Waals surface area contributed by atoms with Crippen molar-refractivity contribution < 1.29 is 9.59 Å². The Labute approximate surface area is 135 Å². The summed E-state index contributed by atoms with van der Waals surface area (Å²) in [6.07, 6.45) is 4.81. The van der Waals surface area contributed by atoms with Crippen LogP contribution in [0.1, 0.15) is 40.3 Å². The number of hydrogen-bond acceptors (Lipinski definition) is 4. The molecule has 0 aromatic carbocycles. The van der Waals surface area contributed by atoms with E-state index in [1.165, 1.54) is 12.3 Å². The van der Waals surface area contributed by atoms with Crippen molar-refractivity contribution in [3.8, 4) is 0 Å². The van der Waals surface area contributed by atoms with Crippen molar-refractivity contribution in [2.75, 3.05) is 6.54 Å². The number of rotatable bonds is 6. The Hall–Kier alpha value is -2.76. The summed E-state index contributed by atoms with van der Waals surface area (Å²) in [7, 11) is 0. The summed E-state index contributed by atoms with van der Waals surface area (Å²) < 4.78 is 0. The minimum absolute atomic E-state index is 0.238. The summed E-state index contributed by atoms with van der Waals surface area (Å²) in [5.74, 6) is -0.171. The minimum atomic E-state index is -0.275. The SMILES string of the molecule is CC(C)CNC(=O)c1cc(C(=O)NCc2ccncc2)ccn1. The molecule has 2 aromatic rings. The molecule has 0 spiro atoms. The monoisotopic (exact) mass is 312 g/mol. The third-order valence-electron chi connectivity index (χ3n) is 3.13. The first-order valence-electron chi connectivity index (χ1n) is 7.47. The van der Waals surface area contributed by atoms with E-state index in [9.17, 15) is 9.59 Å². The van der Waals surface area contributed by atoms with Crippen LogP contribution in [0.5, 0.6) is 0 Å². The lowest BCUT2D eigenvalue weighted by atomic mass is 10.2. The average molecular weight is 312 g/mol. The van der Waals surface area contributed by atoms with Crippen LogP contribution < -0.4 is 10.6 Å². The standard InChI is InChI=1S/C17H20N4O2/c1-12(2)10-20-17(23)15-9-14(5-8-19-15)16(22)21-11-13-3-6-18-7-4-13/h3-9,12H,10-11H2,1-2H3,(H,20,23)(H,21,22). The van der Waals surface area contributed by atoms with E-state index in [2.05, 4.69) is 20.6 Å². The maximum atomic E-state index is 12.2. The topological polar surface area (TPSA) is 84.0 Å². The van der Waals surface area contributed by atoms with Crippen LogP contribution in [0.4, 0.5) is 0 Å². The highest BCUT2D eigenvalue weighted by atomic mass is 16.2. The number of nitrogens with zero attached hydrogens (tertiary/aromatic N) is 2. The van der Waals surface area contributed by atoms with Crippen LogP contribution in [0.3, 0.4) is 0 Å². The first-order chi connectivity index (χ1) is 11.1. The van der Waals surface area contributed by atoms with Gasteiger partial charge in [0.15, 0.2) is 0 Å². The summed E-state index contributed by atoms with van der Waals surface area (Å²) in [6, 6.07) is 6.74. The van der Waals surface area contributed by atoms with Gasteiger partial charge in [-0.15, -0.1) is 0 Å². The second kappa shape index (κ2) is 8.03. The van der Waals surface area contributed by atoms with Gasteiger partial charge in [-0.25, -0.2) is 0 Å². The van der Waals surface area contributed by atoms with Gasteiger partial charge in [0.25, 0.3) is 11.8 Å². The van der Waals surface area contributed by atoms with Gasteiger partial charge in [-0.1, -0.05) is 13.8 Å². The fourth-order valence-electron chi connectivity index (χ4n) is 1.87. The Kier molecular flexibility index (Phi) is 5.80. The van der Waals surface area contributed by atoms with Gasteiger partial charge in [0.2, 0.25) is 0 Å². The number of hydrogen-bond donors (Lipinski definition) is 2. The number of nitrogens with one attached hydrogen (secondary N) is 2. The second-order valence-electron chi connectivity index (χ2n) is 5.57. The maximum absolute atomic E-state index is 12.2. The molecule has 0 atom stereocenters. The van der Waals surface area contributed by atoms with Crippen molar-refractivity contribution in [1.82, 2.24) is 20.6 Å². The van der Waals surface area contributed by atoms with Crippen LogP contribution in [0.2, 0.25) is 0 Å². The molecule has 0 unspecified atom stereocenters. The van der Waals surface area contributed by atoms with Gasteiger partial charge >= 0.3 is 0 Å². The lowest BCUT2D eigenvalue weighted by Crippen LogP contribution is -2.29. The molecular formula is C17H20N4O2. The number of pyridine rings is 2. The highest BCUT2D eigenvalue weighted by Gasteiger charge is 2.12. The van der Waals surface area contributed by atoms with E-state index in [0.29, 0.717) is 24.6 Å². The molecule has 6 nitrogen and oxygen atoms in total. The van der Waals surface area contributed by atoms with Gasteiger partial charge in [0.05, 0.1) is 0 Å². The molecule has 2 aromatic heterocycles. The van der Waals surface area contributed by atoms with Gasteiger partial charge in [-0.05, 0) is 35.7 Å². The van der Waals surface area contributed by atoms with Crippen molar-refractivity contribution in [2.24, 2.45) is 5.92 Å². The summed E-state index contributed by atoms with van der Waals surface area (Å²) >= 11 is 0. The van der Waals surface area contributed by atoms with Crippen molar-refractivity contribution in [1.29, 1.82) is 0 Å². The Morgan fingerprint density at radius 3 is 2.48 bits per heavy atom. The van der Waals surface area contributed by atoms with Gasteiger partial charge in [-0.3, -0.25) is 19.6 Å². The predicted molar refractivity (Wildman–Crippen MR) is 86.8 cm³/mol. The van der Waals surface area contributed by atoms with E-state index in [1.807, 2.05) is 26.0 Å². The molecule has 2 rings (SSSR count). The third kappa shape index (κ3) is 5.18. The molecule has 0 bridgehead atoms. The molecule has 0 radical (unpaired) electrons. The van der Waals surface area contributed by atoms with Crippen LogP contribution in [-0.4, -0.2) is 28.3 Å². The van der Waals surface area contributed by atoms with Crippen LogP contribution in [-0.2, 0) is 6.54 Å². The fourth-order valence-corrected chi connectivity index (χ4v) is 1.87. The highest BCUT2D eigenvalue weighted by Crippen LogP contribution is 2.04. The molecule has 0 aliphatic heterocycles. The average Bonchev–Trinajstić information content (AvgIpc) is 2.58. The zero-order valence-electron chi connectivity index (χ0n) is 13.2. The van der Waals surface area contributed by atoms with Gasteiger partial charge in [-0.2, -0.15) is 0 Å². The van der Waals surface area contributed by atoms with Crippen LogP contribution >= 0.6 is 0 Å². The van der Waals surface area contributed by atoms with Crippen molar-refractivity contribution >= 4 is 11.8 Å².